The highest BCUT2D eigenvalue weighted by Gasteiger charge is 2.13. The number of nitrogen functional groups attached to an aromatic ring is 1. The lowest BCUT2D eigenvalue weighted by Gasteiger charge is -2.24. The molecule has 4 nitrogen and oxygen atoms in total. The Morgan fingerprint density at radius 3 is 2.29 bits per heavy atom. The number of hydrogen-bond donors (Lipinski definition) is 1. The van der Waals surface area contributed by atoms with Gasteiger partial charge in [-0.25, -0.2) is 0 Å². The molecule has 0 saturated carbocycles. The minimum Gasteiger partial charge on any atom is -0.398 e. The summed E-state index contributed by atoms with van der Waals surface area (Å²) in [5.74, 6) is 0.162. The molecule has 1 aromatic carbocycles. The van der Waals surface area contributed by atoms with Crippen LogP contribution in [-0.4, -0.2) is 48.4 Å². The van der Waals surface area contributed by atoms with Gasteiger partial charge in [0, 0.05) is 18.8 Å². The van der Waals surface area contributed by atoms with Crippen LogP contribution in [0.15, 0.2) is 24.3 Å². The number of carbonyl (C=O) groups excluding carboxylic acids is 1. The number of rotatable bonds is 9. The number of nitrogens with zero attached hydrogens (tertiary/aromatic N) is 2. The van der Waals surface area contributed by atoms with Crippen molar-refractivity contribution < 1.29 is 4.79 Å². The maximum absolute atomic E-state index is 12.4. The van der Waals surface area contributed by atoms with Gasteiger partial charge < -0.3 is 15.5 Å². The number of benzene rings is 1. The lowest BCUT2D eigenvalue weighted by atomic mass is 10.1. The van der Waals surface area contributed by atoms with E-state index in [0.717, 1.165) is 44.7 Å². The number of para-hydroxylation sites is 1. The average Bonchev–Trinajstić information content (AvgIpc) is 2.50. The van der Waals surface area contributed by atoms with Gasteiger partial charge in [-0.05, 0) is 44.6 Å². The molecule has 0 spiro atoms. The summed E-state index contributed by atoms with van der Waals surface area (Å²) < 4.78 is 0. The normalized spacial score (nSPS) is 10.9. The molecule has 0 aliphatic heterocycles. The van der Waals surface area contributed by atoms with E-state index in [9.17, 15) is 4.79 Å². The van der Waals surface area contributed by atoms with Crippen LogP contribution in [0.3, 0.4) is 0 Å². The fourth-order valence-electron chi connectivity index (χ4n) is 2.45. The molecule has 0 fully saturated rings. The van der Waals surface area contributed by atoms with Crippen molar-refractivity contribution in [3.8, 4) is 0 Å². The summed E-state index contributed by atoms with van der Waals surface area (Å²) in [6, 6.07) is 7.59. The van der Waals surface area contributed by atoms with Crippen molar-refractivity contribution >= 4 is 11.6 Å². The van der Waals surface area contributed by atoms with E-state index in [1.165, 1.54) is 0 Å². The molecular weight excluding hydrogens is 262 g/mol. The average molecular weight is 291 g/mol. The standard InChI is InChI=1S/C17H29N3O/c1-4-19(5-2)12-9-13-20(6-3)17(21)14-15-10-7-8-11-16(15)18/h7-8,10-11H,4-6,9,12-14,18H2,1-3H3. The smallest absolute Gasteiger partial charge is 0.227 e. The van der Waals surface area contributed by atoms with E-state index >= 15 is 0 Å². The van der Waals surface area contributed by atoms with E-state index in [4.69, 9.17) is 5.73 Å². The lowest BCUT2D eigenvalue weighted by Crippen LogP contribution is -2.35. The summed E-state index contributed by atoms with van der Waals surface area (Å²) in [4.78, 5) is 16.7. The Morgan fingerprint density at radius 2 is 1.71 bits per heavy atom. The van der Waals surface area contributed by atoms with Gasteiger partial charge in [-0.15, -0.1) is 0 Å². The third-order valence-electron chi connectivity index (χ3n) is 3.93. The van der Waals surface area contributed by atoms with Crippen molar-refractivity contribution in [3.05, 3.63) is 29.8 Å². The molecule has 0 unspecified atom stereocenters. The van der Waals surface area contributed by atoms with Crippen LogP contribution in [-0.2, 0) is 11.2 Å². The van der Waals surface area contributed by atoms with E-state index in [2.05, 4.69) is 18.7 Å². The summed E-state index contributed by atoms with van der Waals surface area (Å²) in [5, 5.41) is 0. The summed E-state index contributed by atoms with van der Waals surface area (Å²) in [6.45, 7) is 11.1. The van der Waals surface area contributed by atoms with Gasteiger partial charge in [0.1, 0.15) is 0 Å². The summed E-state index contributed by atoms with van der Waals surface area (Å²) in [6.07, 6.45) is 1.41. The van der Waals surface area contributed by atoms with E-state index in [-0.39, 0.29) is 5.91 Å². The molecule has 2 N–H and O–H groups in total. The molecule has 118 valence electrons. The second-order valence-corrected chi connectivity index (χ2v) is 5.23. The Labute approximate surface area is 128 Å². The molecule has 0 radical (unpaired) electrons. The van der Waals surface area contributed by atoms with Crippen LogP contribution >= 0.6 is 0 Å². The molecule has 0 aliphatic carbocycles. The molecule has 0 saturated heterocycles. The molecule has 1 amide bonds. The van der Waals surface area contributed by atoms with Crippen LogP contribution in [0.2, 0.25) is 0 Å². The van der Waals surface area contributed by atoms with Crippen molar-refractivity contribution in [1.29, 1.82) is 0 Å². The van der Waals surface area contributed by atoms with Gasteiger partial charge in [0.2, 0.25) is 5.91 Å². The number of carbonyl (C=O) groups is 1. The van der Waals surface area contributed by atoms with Crippen molar-refractivity contribution in [2.24, 2.45) is 0 Å². The first-order valence-electron chi connectivity index (χ1n) is 7.95. The first-order valence-corrected chi connectivity index (χ1v) is 7.95. The van der Waals surface area contributed by atoms with Crippen molar-refractivity contribution in [3.63, 3.8) is 0 Å². The van der Waals surface area contributed by atoms with Gasteiger partial charge in [0.25, 0.3) is 0 Å². The minimum atomic E-state index is 0.162. The monoisotopic (exact) mass is 291 g/mol. The summed E-state index contributed by atoms with van der Waals surface area (Å²) >= 11 is 0. The van der Waals surface area contributed by atoms with Crippen LogP contribution < -0.4 is 5.73 Å². The number of amides is 1. The molecule has 1 aromatic rings. The highest BCUT2D eigenvalue weighted by atomic mass is 16.2. The Hall–Kier alpha value is -1.55. The van der Waals surface area contributed by atoms with Crippen molar-refractivity contribution in [1.82, 2.24) is 9.80 Å². The topological polar surface area (TPSA) is 49.6 Å². The molecular formula is C17H29N3O. The van der Waals surface area contributed by atoms with Crippen LogP contribution in [0.1, 0.15) is 32.8 Å². The number of likely N-dealkylation sites (N-methyl/N-ethyl adjacent to an activating group) is 1. The predicted molar refractivity (Wildman–Crippen MR) is 89.2 cm³/mol. The van der Waals surface area contributed by atoms with Gasteiger partial charge >= 0.3 is 0 Å². The van der Waals surface area contributed by atoms with Crippen LogP contribution in [0, 0.1) is 0 Å². The maximum atomic E-state index is 12.4. The Balaban J connectivity index is 2.48. The first kappa shape index (κ1) is 17.5. The van der Waals surface area contributed by atoms with E-state index in [0.29, 0.717) is 12.1 Å². The largest absolute Gasteiger partial charge is 0.398 e. The van der Waals surface area contributed by atoms with Gasteiger partial charge in [-0.1, -0.05) is 32.0 Å². The van der Waals surface area contributed by atoms with Gasteiger partial charge in [0.05, 0.1) is 6.42 Å². The quantitative estimate of drug-likeness (QED) is 0.711. The maximum Gasteiger partial charge on any atom is 0.227 e. The van der Waals surface area contributed by atoms with Crippen LogP contribution in [0.4, 0.5) is 5.69 Å². The summed E-state index contributed by atoms with van der Waals surface area (Å²) in [7, 11) is 0. The Bertz CT molecular complexity index is 430. The van der Waals surface area contributed by atoms with E-state index in [1.54, 1.807) is 0 Å². The van der Waals surface area contributed by atoms with E-state index < -0.39 is 0 Å². The Kier molecular flexibility index (Phi) is 7.83. The number of hydrogen-bond acceptors (Lipinski definition) is 3. The number of anilines is 1. The second kappa shape index (κ2) is 9.40. The second-order valence-electron chi connectivity index (χ2n) is 5.23. The molecule has 0 atom stereocenters. The molecule has 21 heavy (non-hydrogen) atoms. The van der Waals surface area contributed by atoms with Crippen molar-refractivity contribution in [2.75, 3.05) is 38.5 Å². The highest BCUT2D eigenvalue weighted by molar-refractivity contribution is 5.80. The number of nitrogens with two attached hydrogens (primary N) is 1. The molecule has 1 rings (SSSR count). The van der Waals surface area contributed by atoms with Gasteiger partial charge in [-0.3, -0.25) is 4.79 Å². The fourth-order valence-corrected chi connectivity index (χ4v) is 2.45. The molecule has 0 heterocycles. The van der Waals surface area contributed by atoms with Crippen LogP contribution in [0.25, 0.3) is 0 Å². The fraction of sp³-hybridized carbons (Fsp3) is 0.588. The van der Waals surface area contributed by atoms with Crippen molar-refractivity contribution in [2.45, 2.75) is 33.6 Å². The van der Waals surface area contributed by atoms with Gasteiger partial charge in [0.15, 0.2) is 0 Å². The zero-order valence-corrected chi connectivity index (χ0v) is 13.6. The lowest BCUT2D eigenvalue weighted by molar-refractivity contribution is -0.130. The Morgan fingerprint density at radius 1 is 1.05 bits per heavy atom. The third-order valence-corrected chi connectivity index (χ3v) is 3.93. The van der Waals surface area contributed by atoms with Gasteiger partial charge in [-0.2, -0.15) is 0 Å². The predicted octanol–water partition coefficient (Wildman–Crippen LogP) is 2.39. The molecule has 4 heteroatoms. The van der Waals surface area contributed by atoms with E-state index in [1.807, 2.05) is 36.1 Å². The van der Waals surface area contributed by atoms with Crippen LogP contribution in [0.5, 0.6) is 0 Å². The molecule has 0 aliphatic rings. The zero-order valence-electron chi connectivity index (χ0n) is 13.6. The minimum absolute atomic E-state index is 0.162. The highest BCUT2D eigenvalue weighted by Crippen LogP contribution is 2.12. The molecule has 0 aromatic heterocycles. The SMILES string of the molecule is CCN(CC)CCCN(CC)C(=O)Cc1ccccc1N. The third kappa shape index (κ3) is 5.76. The molecule has 0 bridgehead atoms. The first-order chi connectivity index (χ1) is 10.1. The zero-order chi connectivity index (χ0) is 15.7. The summed E-state index contributed by atoms with van der Waals surface area (Å²) in [5.41, 5.74) is 7.53.